The van der Waals surface area contributed by atoms with E-state index in [9.17, 15) is 13.0 Å². The van der Waals surface area contributed by atoms with E-state index in [1.165, 1.54) is 0 Å². The molecular weight excluding hydrogens is 416 g/mol. The summed E-state index contributed by atoms with van der Waals surface area (Å²) in [4.78, 5) is 0. The van der Waals surface area contributed by atoms with Gasteiger partial charge < -0.3 is 4.74 Å². The lowest BCUT2D eigenvalue weighted by Gasteiger charge is -2.18. The van der Waals surface area contributed by atoms with Crippen molar-refractivity contribution >= 4 is 32.2 Å². The summed E-state index contributed by atoms with van der Waals surface area (Å²) in [5.41, 5.74) is 0.650. The van der Waals surface area contributed by atoms with Gasteiger partial charge in [0.1, 0.15) is 11.0 Å². The molecule has 1 heterocycles. The largest absolute Gasteiger partial charge is 0.493 e. The van der Waals surface area contributed by atoms with Crippen molar-refractivity contribution in [3.63, 3.8) is 0 Å². The monoisotopic (exact) mass is 448 g/mol. The van der Waals surface area contributed by atoms with Crippen LogP contribution in [0.15, 0.2) is 59.3 Å². The SMILES string of the molecule is CCCCCCCC(c1ccc(OCC)c2ccccc12)S(=O)(=O)O.c1ccsc1. The fourth-order valence-electron chi connectivity index (χ4n) is 3.48. The van der Waals surface area contributed by atoms with E-state index in [2.05, 4.69) is 6.92 Å². The third-order valence-electron chi connectivity index (χ3n) is 4.92. The molecule has 0 spiro atoms. The molecule has 164 valence electrons. The van der Waals surface area contributed by atoms with E-state index in [0.717, 1.165) is 48.6 Å². The highest BCUT2D eigenvalue weighted by atomic mass is 32.2. The van der Waals surface area contributed by atoms with Gasteiger partial charge in [-0.1, -0.05) is 81.5 Å². The first kappa shape index (κ1) is 24.4. The number of fused-ring (bicyclic) bond motifs is 1. The Morgan fingerprint density at radius 1 is 0.900 bits per heavy atom. The molecule has 1 aromatic heterocycles. The van der Waals surface area contributed by atoms with Crippen LogP contribution in [0.5, 0.6) is 5.75 Å². The summed E-state index contributed by atoms with van der Waals surface area (Å²) in [7, 11) is -4.17. The lowest BCUT2D eigenvalue weighted by Crippen LogP contribution is -2.13. The van der Waals surface area contributed by atoms with Crippen molar-refractivity contribution in [1.29, 1.82) is 0 Å². The van der Waals surface area contributed by atoms with Crippen LogP contribution in [-0.4, -0.2) is 19.6 Å². The minimum absolute atomic E-state index is 0.431. The molecule has 0 saturated carbocycles. The number of thiophene rings is 1. The standard InChI is InChI=1S/C20H28O4S.C4H4S/c1-3-5-6-7-8-13-20(25(21,22)23)18-14-15-19(24-4-2)17-12-10-9-11-16(17)18;1-2-4-5-3-1/h9-12,14-15,20H,3-8,13H2,1-2H3,(H,21,22,23);1-4H. The Hall–Kier alpha value is -1.89. The molecule has 0 aliphatic heterocycles. The molecule has 0 amide bonds. The van der Waals surface area contributed by atoms with E-state index in [4.69, 9.17) is 4.74 Å². The van der Waals surface area contributed by atoms with Crippen LogP contribution >= 0.6 is 11.3 Å². The summed E-state index contributed by atoms with van der Waals surface area (Å²) in [5, 5.41) is 4.89. The van der Waals surface area contributed by atoms with Crippen LogP contribution in [0.25, 0.3) is 10.8 Å². The molecular formula is C24H32O4S2. The topological polar surface area (TPSA) is 63.6 Å². The smallest absolute Gasteiger partial charge is 0.272 e. The quantitative estimate of drug-likeness (QED) is 0.261. The normalized spacial score (nSPS) is 12.2. The molecule has 4 nitrogen and oxygen atoms in total. The van der Waals surface area contributed by atoms with Gasteiger partial charge in [-0.3, -0.25) is 4.55 Å². The minimum Gasteiger partial charge on any atom is -0.493 e. The zero-order valence-electron chi connectivity index (χ0n) is 17.8. The van der Waals surface area contributed by atoms with Crippen LogP contribution < -0.4 is 4.74 Å². The molecule has 0 radical (unpaired) electrons. The van der Waals surface area contributed by atoms with Gasteiger partial charge in [0.05, 0.1) is 6.61 Å². The summed E-state index contributed by atoms with van der Waals surface area (Å²) < 4.78 is 39.5. The third-order valence-corrected chi connectivity index (χ3v) is 6.76. The zero-order valence-corrected chi connectivity index (χ0v) is 19.4. The number of benzene rings is 2. The van der Waals surface area contributed by atoms with Crippen LogP contribution in [0.4, 0.5) is 0 Å². The molecule has 3 rings (SSSR count). The van der Waals surface area contributed by atoms with Gasteiger partial charge in [0.15, 0.2) is 0 Å². The average Bonchev–Trinajstić information content (AvgIpc) is 3.31. The predicted octanol–water partition coefficient (Wildman–Crippen LogP) is 7.28. The van der Waals surface area contributed by atoms with E-state index in [1.807, 2.05) is 54.1 Å². The molecule has 0 aliphatic rings. The molecule has 30 heavy (non-hydrogen) atoms. The first-order valence-electron chi connectivity index (χ1n) is 10.6. The first-order chi connectivity index (χ1) is 14.5. The second-order valence-corrected chi connectivity index (χ2v) is 9.55. The Kier molecular flexibility index (Phi) is 10.3. The molecule has 0 fully saturated rings. The molecule has 1 atom stereocenters. The van der Waals surface area contributed by atoms with Gasteiger partial charge >= 0.3 is 0 Å². The fourth-order valence-corrected chi connectivity index (χ4v) is 4.93. The van der Waals surface area contributed by atoms with Crippen LogP contribution in [0.2, 0.25) is 0 Å². The molecule has 0 aliphatic carbocycles. The van der Waals surface area contributed by atoms with Crippen molar-refractivity contribution in [3.05, 3.63) is 64.9 Å². The molecule has 0 saturated heterocycles. The van der Waals surface area contributed by atoms with E-state index in [-0.39, 0.29) is 0 Å². The highest BCUT2D eigenvalue weighted by molar-refractivity contribution is 7.86. The summed E-state index contributed by atoms with van der Waals surface area (Å²) in [6.45, 7) is 4.61. The molecule has 6 heteroatoms. The minimum atomic E-state index is -4.17. The molecule has 2 aromatic carbocycles. The molecule has 1 unspecified atom stereocenters. The Balaban J connectivity index is 0.000000558. The van der Waals surface area contributed by atoms with Gasteiger partial charge in [-0.25, -0.2) is 0 Å². The van der Waals surface area contributed by atoms with Crippen molar-refractivity contribution in [2.75, 3.05) is 6.61 Å². The van der Waals surface area contributed by atoms with Gasteiger partial charge in [-0.05, 0) is 41.1 Å². The third kappa shape index (κ3) is 7.42. The van der Waals surface area contributed by atoms with Gasteiger partial charge in [0.25, 0.3) is 10.1 Å². The maximum Gasteiger partial charge on any atom is 0.272 e. The van der Waals surface area contributed by atoms with E-state index >= 15 is 0 Å². The van der Waals surface area contributed by atoms with Crippen LogP contribution in [0.1, 0.15) is 63.2 Å². The maximum atomic E-state index is 12.0. The van der Waals surface area contributed by atoms with E-state index in [0.29, 0.717) is 18.6 Å². The van der Waals surface area contributed by atoms with Gasteiger partial charge in [-0.15, -0.1) is 0 Å². The predicted molar refractivity (Wildman–Crippen MR) is 127 cm³/mol. The van der Waals surface area contributed by atoms with Gasteiger partial charge in [-0.2, -0.15) is 19.8 Å². The lowest BCUT2D eigenvalue weighted by molar-refractivity contribution is 0.344. The molecule has 3 aromatic rings. The van der Waals surface area contributed by atoms with Crippen molar-refractivity contribution in [1.82, 2.24) is 0 Å². The average molecular weight is 449 g/mol. The molecule has 1 N–H and O–H groups in total. The summed E-state index contributed by atoms with van der Waals surface area (Å²) in [6.07, 6.45) is 5.59. The number of unbranched alkanes of at least 4 members (excludes halogenated alkanes) is 4. The number of hydrogen-bond donors (Lipinski definition) is 1. The van der Waals surface area contributed by atoms with E-state index < -0.39 is 15.4 Å². The fraction of sp³-hybridized carbons (Fsp3) is 0.417. The highest BCUT2D eigenvalue weighted by Crippen LogP contribution is 2.36. The van der Waals surface area contributed by atoms with Crippen LogP contribution in [-0.2, 0) is 10.1 Å². The van der Waals surface area contributed by atoms with Crippen LogP contribution in [0, 0.1) is 0 Å². The van der Waals surface area contributed by atoms with E-state index in [1.54, 1.807) is 23.5 Å². The second-order valence-electron chi connectivity index (χ2n) is 7.13. The van der Waals surface area contributed by atoms with Crippen molar-refractivity contribution in [2.24, 2.45) is 0 Å². The van der Waals surface area contributed by atoms with Crippen molar-refractivity contribution in [3.8, 4) is 5.75 Å². The maximum absolute atomic E-state index is 12.0. The van der Waals surface area contributed by atoms with Crippen LogP contribution in [0.3, 0.4) is 0 Å². The summed E-state index contributed by atoms with van der Waals surface area (Å²) in [5.74, 6) is 0.735. The van der Waals surface area contributed by atoms with Crippen molar-refractivity contribution < 1.29 is 17.7 Å². The summed E-state index contributed by atoms with van der Waals surface area (Å²) in [6, 6.07) is 15.2. The Bertz CT molecular complexity index is 949. The summed E-state index contributed by atoms with van der Waals surface area (Å²) >= 11 is 1.71. The Morgan fingerprint density at radius 2 is 1.57 bits per heavy atom. The van der Waals surface area contributed by atoms with Gasteiger partial charge in [0.2, 0.25) is 0 Å². The lowest BCUT2D eigenvalue weighted by atomic mass is 9.98. The zero-order chi connectivity index (χ0) is 21.8. The van der Waals surface area contributed by atoms with Crippen molar-refractivity contribution in [2.45, 2.75) is 57.6 Å². The number of hydrogen-bond acceptors (Lipinski definition) is 4. The Morgan fingerprint density at radius 3 is 2.13 bits per heavy atom. The Labute approximate surface area is 184 Å². The molecule has 0 bridgehead atoms. The second kappa shape index (κ2) is 12.7. The number of ether oxygens (including phenoxy) is 1. The first-order valence-corrected chi connectivity index (χ1v) is 13.0. The highest BCUT2D eigenvalue weighted by Gasteiger charge is 2.26. The van der Waals surface area contributed by atoms with Gasteiger partial charge in [0, 0.05) is 5.39 Å². The number of rotatable bonds is 10.